The van der Waals surface area contributed by atoms with Crippen molar-refractivity contribution < 1.29 is 8.42 Å². The summed E-state index contributed by atoms with van der Waals surface area (Å²) in [4.78, 5) is 0.287. The minimum atomic E-state index is -3.43. The predicted octanol–water partition coefficient (Wildman–Crippen LogP) is 1.56. The molecular formula is C13H16N2O2S. The Kier molecular flexibility index (Phi) is 3.90. The number of para-hydroxylation sites is 1. The van der Waals surface area contributed by atoms with Gasteiger partial charge in [0.05, 0.1) is 12.2 Å². The second kappa shape index (κ2) is 5.42. The molecule has 18 heavy (non-hydrogen) atoms. The molecule has 1 aromatic carbocycles. The molecule has 1 aliphatic rings. The second-order valence-electron chi connectivity index (χ2n) is 4.17. The number of sulfonamides is 1. The molecule has 1 aromatic rings. The summed E-state index contributed by atoms with van der Waals surface area (Å²) in [5.41, 5.74) is 0.591. The van der Waals surface area contributed by atoms with E-state index >= 15 is 0 Å². The van der Waals surface area contributed by atoms with Crippen molar-refractivity contribution >= 4 is 15.7 Å². The molecular weight excluding hydrogens is 248 g/mol. The number of anilines is 1. The fourth-order valence-corrected chi connectivity index (χ4v) is 3.05. The lowest BCUT2D eigenvalue weighted by atomic mass is 10.3. The van der Waals surface area contributed by atoms with Gasteiger partial charge in [0.1, 0.15) is 4.90 Å². The van der Waals surface area contributed by atoms with E-state index in [4.69, 9.17) is 0 Å². The largest absolute Gasteiger partial charge is 0.373 e. The molecule has 96 valence electrons. The van der Waals surface area contributed by atoms with E-state index in [1.807, 2.05) is 0 Å². The Labute approximate surface area is 108 Å². The summed E-state index contributed by atoms with van der Waals surface area (Å²) in [6.45, 7) is 2.19. The van der Waals surface area contributed by atoms with Gasteiger partial charge in [0.15, 0.2) is 0 Å². The SMILES string of the molecule is CC#CCNc1ccccc1S(=O)(=O)NC1CC1. The van der Waals surface area contributed by atoms with Gasteiger partial charge in [-0.05, 0) is 31.9 Å². The Morgan fingerprint density at radius 3 is 2.72 bits per heavy atom. The van der Waals surface area contributed by atoms with Crippen molar-refractivity contribution in [2.45, 2.75) is 30.7 Å². The van der Waals surface area contributed by atoms with Crippen molar-refractivity contribution in [3.8, 4) is 11.8 Å². The van der Waals surface area contributed by atoms with Crippen LogP contribution >= 0.6 is 0 Å². The van der Waals surface area contributed by atoms with Crippen molar-refractivity contribution in [3.63, 3.8) is 0 Å². The average Bonchev–Trinajstić information content (AvgIpc) is 3.13. The van der Waals surface area contributed by atoms with E-state index in [1.165, 1.54) is 0 Å². The molecule has 0 radical (unpaired) electrons. The third-order valence-electron chi connectivity index (χ3n) is 2.62. The average molecular weight is 264 g/mol. The summed E-state index contributed by atoms with van der Waals surface area (Å²) in [5.74, 6) is 5.61. The molecule has 0 heterocycles. The fourth-order valence-electron chi connectivity index (χ4n) is 1.56. The fraction of sp³-hybridized carbons (Fsp3) is 0.385. The number of benzene rings is 1. The number of rotatable bonds is 5. The highest BCUT2D eigenvalue weighted by Gasteiger charge is 2.29. The van der Waals surface area contributed by atoms with E-state index in [2.05, 4.69) is 21.9 Å². The molecule has 0 bridgehead atoms. The number of hydrogen-bond donors (Lipinski definition) is 2. The van der Waals surface area contributed by atoms with Crippen LogP contribution in [-0.2, 0) is 10.0 Å². The maximum Gasteiger partial charge on any atom is 0.242 e. The number of nitrogens with one attached hydrogen (secondary N) is 2. The van der Waals surface area contributed by atoms with Crippen molar-refractivity contribution in [3.05, 3.63) is 24.3 Å². The Balaban J connectivity index is 2.21. The topological polar surface area (TPSA) is 58.2 Å². The molecule has 5 heteroatoms. The van der Waals surface area contributed by atoms with Crippen LogP contribution in [0.4, 0.5) is 5.69 Å². The van der Waals surface area contributed by atoms with Crippen molar-refractivity contribution in [2.75, 3.05) is 11.9 Å². The van der Waals surface area contributed by atoms with Gasteiger partial charge in [0.2, 0.25) is 10.0 Å². The number of hydrogen-bond acceptors (Lipinski definition) is 3. The van der Waals surface area contributed by atoms with Gasteiger partial charge in [-0.25, -0.2) is 13.1 Å². The van der Waals surface area contributed by atoms with Gasteiger partial charge >= 0.3 is 0 Å². The first-order valence-electron chi connectivity index (χ1n) is 5.88. The predicted molar refractivity (Wildman–Crippen MR) is 71.7 cm³/mol. The highest BCUT2D eigenvalue weighted by Crippen LogP contribution is 2.25. The molecule has 0 spiro atoms. The van der Waals surface area contributed by atoms with Gasteiger partial charge in [-0.2, -0.15) is 0 Å². The van der Waals surface area contributed by atoms with Gasteiger partial charge in [0.25, 0.3) is 0 Å². The Bertz CT molecular complexity index is 580. The smallest absolute Gasteiger partial charge is 0.242 e. The maximum absolute atomic E-state index is 12.1. The van der Waals surface area contributed by atoms with E-state index in [1.54, 1.807) is 31.2 Å². The van der Waals surface area contributed by atoms with Crippen LogP contribution in [0.3, 0.4) is 0 Å². The lowest BCUT2D eigenvalue weighted by Gasteiger charge is -2.11. The lowest BCUT2D eigenvalue weighted by molar-refractivity contribution is 0.581. The molecule has 1 aliphatic carbocycles. The maximum atomic E-state index is 12.1. The van der Waals surface area contributed by atoms with Gasteiger partial charge in [-0.15, -0.1) is 5.92 Å². The monoisotopic (exact) mass is 264 g/mol. The first-order valence-corrected chi connectivity index (χ1v) is 7.36. The van der Waals surface area contributed by atoms with Gasteiger partial charge in [-0.3, -0.25) is 0 Å². The quantitative estimate of drug-likeness (QED) is 0.794. The molecule has 0 atom stereocenters. The second-order valence-corrected chi connectivity index (χ2v) is 5.85. The van der Waals surface area contributed by atoms with Crippen molar-refractivity contribution in [2.24, 2.45) is 0 Å². The van der Waals surface area contributed by atoms with E-state index in [0.29, 0.717) is 12.2 Å². The highest BCUT2D eigenvalue weighted by atomic mass is 32.2. The summed E-state index contributed by atoms with van der Waals surface area (Å²) < 4.78 is 27.0. The van der Waals surface area contributed by atoms with Crippen LogP contribution in [0.1, 0.15) is 19.8 Å². The molecule has 0 saturated heterocycles. The van der Waals surface area contributed by atoms with E-state index in [0.717, 1.165) is 12.8 Å². The standard InChI is InChI=1S/C13H16N2O2S/c1-2-3-10-14-12-6-4-5-7-13(12)18(16,17)15-11-8-9-11/h4-7,11,14-15H,8-10H2,1H3. The van der Waals surface area contributed by atoms with Crippen molar-refractivity contribution in [1.82, 2.24) is 4.72 Å². The molecule has 4 nitrogen and oxygen atoms in total. The van der Waals surface area contributed by atoms with Crippen LogP contribution < -0.4 is 10.0 Å². The van der Waals surface area contributed by atoms with E-state index in [-0.39, 0.29) is 10.9 Å². The minimum absolute atomic E-state index is 0.110. The zero-order valence-corrected chi connectivity index (χ0v) is 11.0. The molecule has 1 fully saturated rings. The zero-order valence-electron chi connectivity index (χ0n) is 10.2. The molecule has 2 rings (SSSR count). The third kappa shape index (κ3) is 3.25. The molecule has 0 aliphatic heterocycles. The summed E-state index contributed by atoms with van der Waals surface area (Å²) in [6.07, 6.45) is 1.85. The van der Waals surface area contributed by atoms with Crippen LogP contribution in [0.25, 0.3) is 0 Å². The molecule has 2 N–H and O–H groups in total. The Hall–Kier alpha value is -1.51. The van der Waals surface area contributed by atoms with Crippen LogP contribution in [0.5, 0.6) is 0 Å². The molecule has 1 saturated carbocycles. The summed E-state index contributed by atoms with van der Waals surface area (Å²) in [5, 5.41) is 3.02. The Morgan fingerprint density at radius 1 is 1.33 bits per heavy atom. The minimum Gasteiger partial charge on any atom is -0.373 e. The van der Waals surface area contributed by atoms with Crippen LogP contribution in [0.2, 0.25) is 0 Å². The Morgan fingerprint density at radius 2 is 2.06 bits per heavy atom. The van der Waals surface area contributed by atoms with Gasteiger partial charge in [0, 0.05) is 6.04 Å². The normalized spacial score (nSPS) is 14.7. The van der Waals surface area contributed by atoms with E-state index < -0.39 is 10.0 Å². The summed E-state index contributed by atoms with van der Waals surface area (Å²) in [6, 6.07) is 6.99. The first kappa shape index (κ1) is 12.9. The van der Waals surface area contributed by atoms with Crippen LogP contribution in [-0.4, -0.2) is 21.0 Å². The van der Waals surface area contributed by atoms with Gasteiger partial charge < -0.3 is 5.32 Å². The first-order chi connectivity index (χ1) is 8.63. The van der Waals surface area contributed by atoms with E-state index in [9.17, 15) is 8.42 Å². The summed E-state index contributed by atoms with van der Waals surface area (Å²) in [7, 11) is -3.43. The molecule has 0 amide bonds. The van der Waals surface area contributed by atoms with Crippen molar-refractivity contribution in [1.29, 1.82) is 0 Å². The third-order valence-corrected chi connectivity index (χ3v) is 4.20. The lowest BCUT2D eigenvalue weighted by Crippen LogP contribution is -2.26. The van der Waals surface area contributed by atoms with Crippen LogP contribution in [0.15, 0.2) is 29.2 Å². The summed E-state index contributed by atoms with van der Waals surface area (Å²) >= 11 is 0. The van der Waals surface area contributed by atoms with Crippen LogP contribution in [0, 0.1) is 11.8 Å². The molecule has 0 aromatic heterocycles. The highest BCUT2D eigenvalue weighted by molar-refractivity contribution is 7.89. The zero-order chi connectivity index (χ0) is 13.0. The van der Waals surface area contributed by atoms with Gasteiger partial charge in [-0.1, -0.05) is 18.1 Å². The molecule has 0 unspecified atom stereocenters.